The second-order valence-electron chi connectivity index (χ2n) is 3.46. The van der Waals surface area contributed by atoms with Gasteiger partial charge in [0.15, 0.2) is 5.03 Å². The van der Waals surface area contributed by atoms with E-state index in [-0.39, 0.29) is 13.1 Å². The summed E-state index contributed by atoms with van der Waals surface area (Å²) < 4.78 is 25.4. The number of hydrogen-bond acceptors (Lipinski definition) is 4. The predicted molar refractivity (Wildman–Crippen MR) is 63.4 cm³/mol. The van der Waals surface area contributed by atoms with Gasteiger partial charge in [0.2, 0.25) is 0 Å². The molecule has 0 atom stereocenters. The van der Waals surface area contributed by atoms with Gasteiger partial charge < -0.3 is 5.11 Å². The standard InChI is InChI=1S/C10H13N3O4S/c1-3-5-13(6-4-2)18(16,17)9-8(10(14)15)7-11-12-9/h1,7H,4-6H2,2H3,(H,11,12)(H,14,15). The van der Waals surface area contributed by atoms with Crippen LogP contribution < -0.4 is 0 Å². The summed E-state index contributed by atoms with van der Waals surface area (Å²) in [6.45, 7) is 1.89. The molecule has 1 aromatic heterocycles. The lowest BCUT2D eigenvalue weighted by atomic mass is 10.4. The normalized spacial score (nSPS) is 11.4. The average Bonchev–Trinajstić information content (AvgIpc) is 2.78. The van der Waals surface area contributed by atoms with Crippen molar-refractivity contribution in [1.29, 1.82) is 0 Å². The van der Waals surface area contributed by atoms with Crippen LogP contribution in [0.1, 0.15) is 23.7 Å². The molecule has 2 N–H and O–H groups in total. The van der Waals surface area contributed by atoms with Gasteiger partial charge in [0, 0.05) is 6.54 Å². The summed E-state index contributed by atoms with van der Waals surface area (Å²) >= 11 is 0. The number of H-pyrrole nitrogens is 1. The molecule has 0 amide bonds. The molecule has 0 saturated heterocycles. The van der Waals surface area contributed by atoms with Crippen molar-refractivity contribution >= 4 is 16.0 Å². The van der Waals surface area contributed by atoms with E-state index >= 15 is 0 Å². The molecule has 0 spiro atoms. The van der Waals surface area contributed by atoms with Crippen LogP contribution in [0.5, 0.6) is 0 Å². The molecule has 0 unspecified atom stereocenters. The number of carbonyl (C=O) groups is 1. The fourth-order valence-corrected chi connectivity index (χ4v) is 2.90. The van der Waals surface area contributed by atoms with E-state index in [2.05, 4.69) is 16.1 Å². The number of aromatic nitrogens is 2. The summed E-state index contributed by atoms with van der Waals surface area (Å²) in [5.74, 6) is 0.873. The van der Waals surface area contributed by atoms with E-state index in [9.17, 15) is 13.2 Å². The van der Waals surface area contributed by atoms with Crippen molar-refractivity contribution in [1.82, 2.24) is 14.5 Å². The summed E-state index contributed by atoms with van der Waals surface area (Å²) in [7, 11) is -3.97. The number of rotatable bonds is 6. The minimum Gasteiger partial charge on any atom is -0.478 e. The van der Waals surface area contributed by atoms with Crippen LogP contribution in [0.15, 0.2) is 11.2 Å². The van der Waals surface area contributed by atoms with Gasteiger partial charge >= 0.3 is 5.97 Å². The first-order valence-corrected chi connectivity index (χ1v) is 6.59. The van der Waals surface area contributed by atoms with E-state index in [1.165, 1.54) is 0 Å². The first-order valence-electron chi connectivity index (χ1n) is 5.15. The lowest BCUT2D eigenvalue weighted by Crippen LogP contribution is -2.33. The minimum atomic E-state index is -3.97. The molecule has 0 aliphatic carbocycles. The topological polar surface area (TPSA) is 103 Å². The van der Waals surface area contributed by atoms with E-state index in [1.54, 1.807) is 6.92 Å². The van der Waals surface area contributed by atoms with Crippen molar-refractivity contribution < 1.29 is 18.3 Å². The molecule has 8 heteroatoms. The fraction of sp³-hybridized carbons (Fsp3) is 0.400. The highest BCUT2D eigenvalue weighted by Gasteiger charge is 2.30. The largest absolute Gasteiger partial charge is 0.478 e. The molecule has 0 bridgehead atoms. The highest BCUT2D eigenvalue weighted by Crippen LogP contribution is 2.17. The fourth-order valence-electron chi connectivity index (χ4n) is 1.39. The number of nitrogens with one attached hydrogen (secondary N) is 1. The highest BCUT2D eigenvalue weighted by molar-refractivity contribution is 7.89. The third-order valence-electron chi connectivity index (χ3n) is 2.17. The summed E-state index contributed by atoms with van der Waals surface area (Å²) in [4.78, 5) is 10.9. The second kappa shape index (κ2) is 5.66. The second-order valence-corrected chi connectivity index (χ2v) is 5.34. The zero-order valence-corrected chi connectivity index (χ0v) is 10.6. The third-order valence-corrected chi connectivity index (χ3v) is 3.99. The third kappa shape index (κ3) is 2.69. The van der Waals surface area contributed by atoms with Crippen LogP contribution >= 0.6 is 0 Å². The molecule has 0 radical (unpaired) electrons. The van der Waals surface area contributed by atoms with Crippen molar-refractivity contribution in [3.8, 4) is 12.3 Å². The highest BCUT2D eigenvalue weighted by atomic mass is 32.2. The smallest absolute Gasteiger partial charge is 0.340 e. The Balaban J connectivity index is 3.23. The lowest BCUT2D eigenvalue weighted by molar-refractivity contribution is 0.0692. The Morgan fingerprint density at radius 3 is 2.83 bits per heavy atom. The Bertz CT molecular complexity index is 570. The first kappa shape index (κ1) is 14.2. The zero-order valence-electron chi connectivity index (χ0n) is 9.75. The number of nitrogens with zero attached hydrogens (tertiary/aromatic N) is 2. The monoisotopic (exact) mass is 271 g/mol. The Morgan fingerprint density at radius 1 is 1.67 bits per heavy atom. The number of aromatic carboxylic acids is 1. The van der Waals surface area contributed by atoms with Crippen LogP contribution in [0.25, 0.3) is 0 Å². The maximum Gasteiger partial charge on any atom is 0.340 e. The van der Waals surface area contributed by atoms with E-state index in [1.807, 2.05) is 0 Å². The SMILES string of the molecule is C#CCN(CCC)S(=O)(=O)c1[nH]ncc1C(=O)O. The molecule has 0 fully saturated rings. The van der Waals surface area contributed by atoms with Crippen LogP contribution in [-0.2, 0) is 10.0 Å². The van der Waals surface area contributed by atoms with Crippen LogP contribution in [0.3, 0.4) is 0 Å². The van der Waals surface area contributed by atoms with E-state index in [4.69, 9.17) is 11.5 Å². The van der Waals surface area contributed by atoms with Gasteiger partial charge in [-0.05, 0) is 6.42 Å². The number of hydrogen-bond donors (Lipinski definition) is 2. The number of sulfonamides is 1. The number of carboxylic acids is 1. The molecule has 1 aromatic rings. The number of aromatic amines is 1. The summed E-state index contributed by atoms with van der Waals surface area (Å²) in [6, 6.07) is 0. The molecular formula is C10H13N3O4S. The van der Waals surface area contributed by atoms with Gasteiger partial charge in [0.25, 0.3) is 10.0 Å². The van der Waals surface area contributed by atoms with Gasteiger partial charge in [-0.15, -0.1) is 6.42 Å². The van der Waals surface area contributed by atoms with Gasteiger partial charge in [-0.25, -0.2) is 13.2 Å². The van der Waals surface area contributed by atoms with E-state index in [0.717, 1.165) is 10.5 Å². The summed E-state index contributed by atoms with van der Waals surface area (Å²) in [6.07, 6.45) is 6.63. The first-order chi connectivity index (χ1) is 8.45. The Kier molecular flexibility index (Phi) is 4.47. The van der Waals surface area contributed by atoms with E-state index in [0.29, 0.717) is 6.42 Å². The van der Waals surface area contributed by atoms with Crippen molar-refractivity contribution in [2.45, 2.75) is 18.4 Å². The van der Waals surface area contributed by atoms with Crippen LogP contribution in [0.2, 0.25) is 0 Å². The van der Waals surface area contributed by atoms with Gasteiger partial charge in [0.1, 0.15) is 5.56 Å². The van der Waals surface area contributed by atoms with Crippen LogP contribution in [-0.4, -0.2) is 47.1 Å². The van der Waals surface area contributed by atoms with Gasteiger partial charge in [-0.2, -0.15) is 9.40 Å². The van der Waals surface area contributed by atoms with Crippen molar-refractivity contribution in [2.24, 2.45) is 0 Å². The molecule has 0 aromatic carbocycles. The number of carboxylic acid groups (broad SMARTS) is 1. The molecular weight excluding hydrogens is 258 g/mol. The minimum absolute atomic E-state index is 0.117. The van der Waals surface area contributed by atoms with E-state index < -0.39 is 26.6 Å². The van der Waals surface area contributed by atoms with Crippen LogP contribution in [0.4, 0.5) is 0 Å². The quantitative estimate of drug-likeness (QED) is 0.716. The number of terminal acetylenes is 1. The molecule has 1 rings (SSSR count). The maximum absolute atomic E-state index is 12.2. The van der Waals surface area contributed by atoms with Gasteiger partial charge in [-0.1, -0.05) is 12.8 Å². The van der Waals surface area contributed by atoms with Gasteiger partial charge in [0.05, 0.1) is 12.7 Å². The molecule has 0 aliphatic heterocycles. The average molecular weight is 271 g/mol. The molecule has 7 nitrogen and oxygen atoms in total. The predicted octanol–water partition coefficient (Wildman–Crippen LogP) is 0.142. The Labute approximate surface area is 105 Å². The zero-order chi connectivity index (χ0) is 13.8. The summed E-state index contributed by atoms with van der Waals surface area (Å²) in [5, 5.41) is 14.1. The Hall–Kier alpha value is -1.85. The summed E-state index contributed by atoms with van der Waals surface area (Å²) in [5.41, 5.74) is -0.395. The van der Waals surface area contributed by atoms with Crippen molar-refractivity contribution in [3.05, 3.63) is 11.8 Å². The maximum atomic E-state index is 12.2. The van der Waals surface area contributed by atoms with Crippen molar-refractivity contribution in [3.63, 3.8) is 0 Å². The van der Waals surface area contributed by atoms with Crippen LogP contribution in [0, 0.1) is 12.3 Å². The molecule has 1 heterocycles. The van der Waals surface area contributed by atoms with Gasteiger partial charge in [-0.3, -0.25) is 5.10 Å². The molecule has 0 saturated carbocycles. The molecule has 18 heavy (non-hydrogen) atoms. The Morgan fingerprint density at radius 2 is 2.33 bits per heavy atom. The van der Waals surface area contributed by atoms with Crippen molar-refractivity contribution in [2.75, 3.05) is 13.1 Å². The molecule has 98 valence electrons. The lowest BCUT2D eigenvalue weighted by Gasteiger charge is -2.18. The molecule has 0 aliphatic rings.